The summed E-state index contributed by atoms with van der Waals surface area (Å²) in [6.07, 6.45) is 2.53. The summed E-state index contributed by atoms with van der Waals surface area (Å²) < 4.78 is 42.4. The summed E-state index contributed by atoms with van der Waals surface area (Å²) in [5.74, 6) is 1.01. The van der Waals surface area contributed by atoms with Gasteiger partial charge in [0, 0.05) is 26.2 Å². The molecule has 1 saturated heterocycles. The first-order valence-corrected chi connectivity index (χ1v) is 13.2. The predicted octanol–water partition coefficient (Wildman–Crippen LogP) is 2.96. The van der Waals surface area contributed by atoms with E-state index in [9.17, 15) is 17.6 Å². The second-order valence-corrected chi connectivity index (χ2v) is 10.4. The van der Waals surface area contributed by atoms with Crippen LogP contribution in [0, 0.1) is 5.82 Å². The zero-order valence-corrected chi connectivity index (χ0v) is 19.4. The Kier molecular flexibility index (Phi) is 6.82. The Morgan fingerprint density at radius 1 is 1.06 bits per heavy atom. The van der Waals surface area contributed by atoms with Gasteiger partial charge in [0.25, 0.3) is 0 Å². The van der Waals surface area contributed by atoms with Gasteiger partial charge in [0.2, 0.25) is 15.9 Å². The molecule has 0 aliphatic carbocycles. The number of imidazole rings is 1. The number of rotatable bonds is 6. The summed E-state index contributed by atoms with van der Waals surface area (Å²) in [6, 6.07) is 12.6. The van der Waals surface area contributed by atoms with Crippen molar-refractivity contribution in [2.24, 2.45) is 0 Å². The smallest absolute Gasteiger partial charge is 0.243 e. The van der Waals surface area contributed by atoms with Crippen LogP contribution in [0.25, 0.3) is 11.0 Å². The maximum absolute atomic E-state index is 13.2. The van der Waals surface area contributed by atoms with Gasteiger partial charge < -0.3 is 9.47 Å². The van der Waals surface area contributed by atoms with Gasteiger partial charge in [-0.25, -0.2) is 17.8 Å². The average Bonchev–Trinajstić information content (AvgIpc) is 2.95. The lowest BCUT2D eigenvalue weighted by atomic mass is 10.3. The van der Waals surface area contributed by atoms with Crippen molar-refractivity contribution in [1.82, 2.24) is 18.8 Å². The first-order chi connectivity index (χ1) is 15.4. The molecule has 1 amide bonds. The number of thioether (sulfide) groups is 1. The van der Waals surface area contributed by atoms with E-state index in [4.69, 9.17) is 0 Å². The monoisotopic (exact) mass is 476 g/mol. The van der Waals surface area contributed by atoms with Crippen LogP contribution in [-0.2, 0) is 27.1 Å². The summed E-state index contributed by atoms with van der Waals surface area (Å²) in [7, 11) is -3.73. The summed E-state index contributed by atoms with van der Waals surface area (Å²) in [6.45, 7) is 1.48. The molecule has 1 aliphatic heterocycles. The molecule has 0 radical (unpaired) electrons. The predicted molar refractivity (Wildman–Crippen MR) is 123 cm³/mol. The van der Waals surface area contributed by atoms with E-state index >= 15 is 0 Å². The molecular weight excluding hydrogens is 451 g/mol. The molecule has 7 nitrogen and oxygen atoms in total. The topological polar surface area (TPSA) is 75.5 Å². The Morgan fingerprint density at radius 3 is 2.56 bits per heavy atom. The van der Waals surface area contributed by atoms with Crippen molar-refractivity contribution in [3.8, 4) is 0 Å². The molecule has 4 rings (SSSR count). The van der Waals surface area contributed by atoms with Gasteiger partial charge in [-0.05, 0) is 49.1 Å². The lowest BCUT2D eigenvalue weighted by molar-refractivity contribution is -0.131. The second kappa shape index (κ2) is 9.60. The molecule has 1 aliphatic rings. The molecule has 2 heterocycles. The molecular formula is C22H25FN4O3S2. The third-order valence-electron chi connectivity index (χ3n) is 5.56. The average molecular weight is 477 g/mol. The minimum Gasteiger partial charge on any atom is -0.340 e. The van der Waals surface area contributed by atoms with E-state index in [1.807, 2.05) is 35.1 Å². The summed E-state index contributed by atoms with van der Waals surface area (Å²) in [4.78, 5) is 19.6. The molecule has 1 fully saturated rings. The molecule has 2 aromatic carbocycles. The normalized spacial score (nSPS) is 15.8. The number of amides is 1. The van der Waals surface area contributed by atoms with E-state index in [-0.39, 0.29) is 23.9 Å². The Hall–Kier alpha value is -2.43. The van der Waals surface area contributed by atoms with Crippen molar-refractivity contribution >= 4 is 38.7 Å². The van der Waals surface area contributed by atoms with Gasteiger partial charge in [0.1, 0.15) is 18.2 Å². The van der Waals surface area contributed by atoms with Gasteiger partial charge in [-0.3, -0.25) is 4.79 Å². The van der Waals surface area contributed by atoms with Gasteiger partial charge in [0.05, 0.1) is 21.7 Å². The third-order valence-corrected chi connectivity index (χ3v) is 8.02. The third kappa shape index (κ3) is 4.67. The molecule has 32 heavy (non-hydrogen) atoms. The number of benzene rings is 2. The Labute approximate surface area is 191 Å². The number of hydrogen-bond acceptors (Lipinski definition) is 5. The number of halogens is 1. The molecule has 170 valence electrons. The van der Waals surface area contributed by atoms with Gasteiger partial charge >= 0.3 is 0 Å². The fourth-order valence-electron chi connectivity index (χ4n) is 3.92. The van der Waals surface area contributed by atoms with Crippen molar-refractivity contribution in [2.75, 3.05) is 32.4 Å². The van der Waals surface area contributed by atoms with Gasteiger partial charge in [-0.1, -0.05) is 12.1 Å². The molecule has 0 bridgehead atoms. The van der Waals surface area contributed by atoms with E-state index < -0.39 is 15.8 Å². The number of aromatic nitrogens is 2. The molecule has 10 heteroatoms. The number of sulfonamides is 1. The minimum absolute atomic E-state index is 0.0588. The van der Waals surface area contributed by atoms with Crippen LogP contribution in [0.2, 0.25) is 0 Å². The number of carbonyl (C=O) groups excluding carboxylic acids is 1. The van der Waals surface area contributed by atoms with E-state index in [0.29, 0.717) is 31.8 Å². The number of para-hydroxylation sites is 2. The van der Waals surface area contributed by atoms with Crippen LogP contribution in [0.3, 0.4) is 0 Å². The zero-order valence-electron chi connectivity index (χ0n) is 17.8. The molecule has 3 aromatic rings. The molecule has 1 aromatic heterocycles. The Bertz CT molecular complexity index is 1210. The van der Waals surface area contributed by atoms with Gasteiger partial charge in [0.15, 0.2) is 0 Å². The summed E-state index contributed by atoms with van der Waals surface area (Å²) in [5.41, 5.74) is 1.78. The number of carbonyl (C=O) groups is 1. The summed E-state index contributed by atoms with van der Waals surface area (Å²) >= 11 is 1.65. The standard InChI is InChI=1S/C22H25FN4O3S2/c1-31-16-21-24-19-5-2-3-6-20(19)27(21)15-22(28)25-11-4-12-26(14-13-25)32(29,30)18-9-7-17(23)8-10-18/h2-3,5-10H,4,11-16H2,1H3. The van der Waals surface area contributed by atoms with Crippen LogP contribution in [0.15, 0.2) is 53.4 Å². The first kappa shape index (κ1) is 22.8. The number of nitrogens with zero attached hydrogens (tertiary/aromatic N) is 4. The molecule has 0 unspecified atom stereocenters. The maximum atomic E-state index is 13.2. The van der Waals surface area contributed by atoms with Crippen LogP contribution in [0.4, 0.5) is 4.39 Å². The van der Waals surface area contributed by atoms with E-state index in [1.165, 1.54) is 16.4 Å². The van der Waals surface area contributed by atoms with Crippen LogP contribution >= 0.6 is 11.8 Å². The van der Waals surface area contributed by atoms with Gasteiger partial charge in [-0.2, -0.15) is 16.1 Å². The Balaban J connectivity index is 1.48. The highest BCUT2D eigenvalue weighted by atomic mass is 32.2. The van der Waals surface area contributed by atoms with Gasteiger partial charge in [-0.15, -0.1) is 0 Å². The lowest BCUT2D eigenvalue weighted by Gasteiger charge is -2.22. The molecule has 0 atom stereocenters. The highest BCUT2D eigenvalue weighted by molar-refractivity contribution is 7.97. The number of fused-ring (bicyclic) bond motifs is 1. The first-order valence-electron chi connectivity index (χ1n) is 10.4. The largest absolute Gasteiger partial charge is 0.340 e. The minimum atomic E-state index is -3.73. The van der Waals surface area contributed by atoms with E-state index in [1.54, 1.807) is 16.7 Å². The quantitative estimate of drug-likeness (QED) is 0.547. The van der Waals surface area contributed by atoms with E-state index in [0.717, 1.165) is 29.0 Å². The Morgan fingerprint density at radius 2 is 1.81 bits per heavy atom. The van der Waals surface area contributed by atoms with Crippen LogP contribution in [0.5, 0.6) is 0 Å². The van der Waals surface area contributed by atoms with Crippen molar-refractivity contribution < 1.29 is 17.6 Å². The fourth-order valence-corrected chi connectivity index (χ4v) is 5.86. The van der Waals surface area contributed by atoms with E-state index in [2.05, 4.69) is 4.98 Å². The second-order valence-electron chi connectivity index (χ2n) is 7.63. The summed E-state index contributed by atoms with van der Waals surface area (Å²) in [5, 5.41) is 0. The maximum Gasteiger partial charge on any atom is 0.243 e. The SMILES string of the molecule is CSCc1nc2ccccc2n1CC(=O)N1CCCN(S(=O)(=O)c2ccc(F)cc2)CC1. The highest BCUT2D eigenvalue weighted by Gasteiger charge is 2.28. The molecule has 0 N–H and O–H groups in total. The van der Waals surface area contributed by atoms with Crippen molar-refractivity contribution in [2.45, 2.75) is 23.6 Å². The van der Waals surface area contributed by atoms with Crippen LogP contribution < -0.4 is 0 Å². The molecule has 0 spiro atoms. The van der Waals surface area contributed by atoms with Crippen molar-refractivity contribution in [1.29, 1.82) is 0 Å². The highest BCUT2D eigenvalue weighted by Crippen LogP contribution is 2.21. The zero-order chi connectivity index (χ0) is 22.7. The van der Waals surface area contributed by atoms with Crippen LogP contribution in [-0.4, -0.2) is 65.5 Å². The molecule has 0 saturated carbocycles. The lowest BCUT2D eigenvalue weighted by Crippen LogP contribution is -2.38. The number of hydrogen-bond donors (Lipinski definition) is 0. The van der Waals surface area contributed by atoms with Crippen molar-refractivity contribution in [3.63, 3.8) is 0 Å². The van der Waals surface area contributed by atoms with Crippen molar-refractivity contribution in [3.05, 3.63) is 60.2 Å². The fraction of sp³-hybridized carbons (Fsp3) is 0.364. The van der Waals surface area contributed by atoms with Crippen LogP contribution in [0.1, 0.15) is 12.2 Å².